The average Bonchev–Trinajstić information content (AvgIpc) is 3.08. The summed E-state index contributed by atoms with van der Waals surface area (Å²) in [5.41, 5.74) is 1.03. The minimum absolute atomic E-state index is 0.148. The van der Waals surface area contributed by atoms with Crippen molar-refractivity contribution in [3.05, 3.63) is 36.4 Å². The van der Waals surface area contributed by atoms with Crippen molar-refractivity contribution in [2.45, 2.75) is 18.6 Å². The fraction of sp³-hybridized carbons (Fsp3) is 0.412. The first kappa shape index (κ1) is 13.5. The molecule has 2 bridgehead atoms. The number of ether oxygens (including phenoxy) is 1. The lowest BCUT2D eigenvalue weighted by Crippen LogP contribution is -2.38. The third-order valence-electron chi connectivity index (χ3n) is 4.95. The van der Waals surface area contributed by atoms with Gasteiger partial charge in [-0.3, -0.25) is 9.59 Å². The maximum atomic E-state index is 12.8. The van der Waals surface area contributed by atoms with Crippen LogP contribution in [0.25, 0.3) is 0 Å². The third-order valence-corrected chi connectivity index (χ3v) is 4.95. The van der Waals surface area contributed by atoms with Crippen LogP contribution in [0, 0.1) is 11.8 Å². The van der Waals surface area contributed by atoms with E-state index in [4.69, 9.17) is 4.74 Å². The summed E-state index contributed by atoms with van der Waals surface area (Å²) in [6, 6.07) is 7.47. The van der Waals surface area contributed by atoms with Gasteiger partial charge in [-0.15, -0.1) is 0 Å². The maximum Gasteiger partial charge on any atom is 0.241 e. The lowest BCUT2D eigenvalue weighted by atomic mass is 9.78. The van der Waals surface area contributed by atoms with Crippen LogP contribution < -0.4 is 9.80 Å². The van der Waals surface area contributed by atoms with Gasteiger partial charge in [0, 0.05) is 19.8 Å². The highest BCUT2D eigenvalue weighted by atomic mass is 16.5. The quantitative estimate of drug-likeness (QED) is 0.614. The second-order valence-corrected chi connectivity index (χ2v) is 6.55. The zero-order chi connectivity index (χ0) is 15.6. The second kappa shape index (κ2) is 4.20. The molecule has 114 valence electrons. The number of amides is 2. The molecule has 0 unspecified atom stereocenters. The summed E-state index contributed by atoms with van der Waals surface area (Å²) in [4.78, 5) is 28.8. The second-order valence-electron chi connectivity index (χ2n) is 6.55. The van der Waals surface area contributed by atoms with E-state index >= 15 is 0 Å². The molecule has 0 saturated carbocycles. The number of rotatable bonds is 2. The van der Waals surface area contributed by atoms with Crippen molar-refractivity contribution < 1.29 is 14.3 Å². The number of benzene rings is 1. The normalized spacial score (nSPS) is 35.4. The molecule has 2 amide bonds. The zero-order valence-corrected chi connectivity index (χ0v) is 12.8. The van der Waals surface area contributed by atoms with E-state index in [-0.39, 0.29) is 23.8 Å². The van der Waals surface area contributed by atoms with Crippen molar-refractivity contribution in [1.82, 2.24) is 0 Å². The standard InChI is InChI=1S/C17H18N2O3/c1-17-9-8-12(22-17)13-14(17)16(21)19(15(13)20)11-6-4-10(5-7-11)18(2)3/h4-9,12-14H,1-3H3/t12-,13+,14+,17-/m1/s1. The first-order chi connectivity index (χ1) is 10.4. The monoisotopic (exact) mass is 298 g/mol. The van der Waals surface area contributed by atoms with Gasteiger partial charge in [-0.05, 0) is 31.2 Å². The third kappa shape index (κ3) is 1.57. The predicted octanol–water partition coefficient (Wildman–Crippen LogP) is 1.59. The Morgan fingerprint density at radius 2 is 1.82 bits per heavy atom. The van der Waals surface area contributed by atoms with Crippen LogP contribution in [0.1, 0.15) is 6.92 Å². The summed E-state index contributed by atoms with van der Waals surface area (Å²) in [6.45, 7) is 1.89. The highest BCUT2D eigenvalue weighted by Gasteiger charge is 2.65. The van der Waals surface area contributed by atoms with Crippen LogP contribution in [0.4, 0.5) is 11.4 Å². The first-order valence-corrected chi connectivity index (χ1v) is 7.45. The number of carbonyl (C=O) groups is 2. The predicted molar refractivity (Wildman–Crippen MR) is 82.7 cm³/mol. The SMILES string of the molecule is CN(C)c1ccc(N2C(=O)[C@@H]3[C@@H](C2=O)[C@@]2(C)C=C[C@H]3O2)cc1. The molecule has 3 aliphatic rings. The molecule has 0 spiro atoms. The summed E-state index contributed by atoms with van der Waals surface area (Å²) in [6.07, 6.45) is 3.56. The van der Waals surface area contributed by atoms with Crippen LogP contribution >= 0.6 is 0 Å². The molecule has 1 aromatic carbocycles. The molecular weight excluding hydrogens is 280 g/mol. The molecule has 5 heteroatoms. The molecule has 4 rings (SSSR count). The molecule has 4 atom stereocenters. The van der Waals surface area contributed by atoms with E-state index in [2.05, 4.69) is 0 Å². The Labute approximate surface area is 129 Å². The van der Waals surface area contributed by atoms with Gasteiger partial charge in [0.05, 0.1) is 29.2 Å². The number of hydrogen-bond donors (Lipinski definition) is 0. The van der Waals surface area contributed by atoms with E-state index < -0.39 is 11.5 Å². The molecule has 2 fully saturated rings. The highest BCUT2D eigenvalue weighted by molar-refractivity contribution is 6.23. The van der Waals surface area contributed by atoms with Crippen LogP contribution in [0.2, 0.25) is 0 Å². The number of imide groups is 1. The van der Waals surface area contributed by atoms with Gasteiger partial charge >= 0.3 is 0 Å². The highest BCUT2D eigenvalue weighted by Crippen LogP contribution is 2.52. The minimum Gasteiger partial charge on any atom is -0.378 e. The molecule has 0 radical (unpaired) electrons. The van der Waals surface area contributed by atoms with E-state index in [0.717, 1.165) is 5.69 Å². The van der Waals surface area contributed by atoms with Crippen molar-refractivity contribution in [3.8, 4) is 0 Å². The number of carbonyl (C=O) groups excluding carboxylic acids is 2. The number of anilines is 2. The number of nitrogens with zero attached hydrogens (tertiary/aromatic N) is 2. The summed E-state index contributed by atoms with van der Waals surface area (Å²) < 4.78 is 5.82. The topological polar surface area (TPSA) is 49.9 Å². The van der Waals surface area contributed by atoms with Gasteiger partial charge in [-0.2, -0.15) is 0 Å². The molecular formula is C17H18N2O3. The Balaban J connectivity index is 1.70. The average molecular weight is 298 g/mol. The Hall–Kier alpha value is -2.14. The molecule has 0 N–H and O–H groups in total. The van der Waals surface area contributed by atoms with Gasteiger partial charge < -0.3 is 9.64 Å². The zero-order valence-electron chi connectivity index (χ0n) is 12.8. The molecule has 2 saturated heterocycles. The number of hydrogen-bond acceptors (Lipinski definition) is 4. The van der Waals surface area contributed by atoms with Gasteiger partial charge in [-0.25, -0.2) is 4.90 Å². The smallest absolute Gasteiger partial charge is 0.241 e. The van der Waals surface area contributed by atoms with Gasteiger partial charge in [0.15, 0.2) is 0 Å². The van der Waals surface area contributed by atoms with Crippen LogP contribution in [-0.4, -0.2) is 37.6 Å². The minimum atomic E-state index is -0.638. The van der Waals surface area contributed by atoms with Crippen molar-refractivity contribution in [2.24, 2.45) is 11.8 Å². The summed E-state index contributed by atoms with van der Waals surface area (Å²) in [5, 5.41) is 0. The summed E-state index contributed by atoms with van der Waals surface area (Å²) >= 11 is 0. The van der Waals surface area contributed by atoms with Gasteiger partial charge in [0.2, 0.25) is 11.8 Å². The van der Waals surface area contributed by atoms with E-state index in [1.807, 2.05) is 62.3 Å². The van der Waals surface area contributed by atoms with E-state index in [1.54, 1.807) is 0 Å². The molecule has 0 aromatic heterocycles. The number of fused-ring (bicyclic) bond motifs is 5. The van der Waals surface area contributed by atoms with Gasteiger partial charge in [-0.1, -0.05) is 12.2 Å². The lowest BCUT2D eigenvalue weighted by molar-refractivity contribution is -0.126. The Kier molecular flexibility index (Phi) is 2.58. The fourth-order valence-electron chi connectivity index (χ4n) is 3.81. The summed E-state index contributed by atoms with van der Waals surface area (Å²) in [5.74, 6) is -1.08. The van der Waals surface area contributed by atoms with Crippen molar-refractivity contribution in [1.29, 1.82) is 0 Å². The van der Waals surface area contributed by atoms with Crippen LogP contribution in [0.5, 0.6) is 0 Å². The molecule has 3 aliphatic heterocycles. The van der Waals surface area contributed by atoms with Gasteiger partial charge in [0.25, 0.3) is 0 Å². The van der Waals surface area contributed by atoms with E-state index in [9.17, 15) is 9.59 Å². The van der Waals surface area contributed by atoms with E-state index in [1.165, 1.54) is 4.90 Å². The van der Waals surface area contributed by atoms with Crippen molar-refractivity contribution in [2.75, 3.05) is 23.9 Å². The molecule has 0 aliphatic carbocycles. The molecule has 5 nitrogen and oxygen atoms in total. The van der Waals surface area contributed by atoms with Gasteiger partial charge in [0.1, 0.15) is 0 Å². The Morgan fingerprint density at radius 3 is 2.41 bits per heavy atom. The molecule has 22 heavy (non-hydrogen) atoms. The van der Waals surface area contributed by atoms with Crippen LogP contribution in [0.15, 0.2) is 36.4 Å². The molecule has 1 aromatic rings. The van der Waals surface area contributed by atoms with E-state index in [0.29, 0.717) is 5.69 Å². The summed E-state index contributed by atoms with van der Waals surface area (Å²) in [7, 11) is 3.90. The fourth-order valence-corrected chi connectivity index (χ4v) is 3.81. The first-order valence-electron chi connectivity index (χ1n) is 7.45. The van der Waals surface area contributed by atoms with Crippen molar-refractivity contribution >= 4 is 23.2 Å². The molecule has 3 heterocycles. The van der Waals surface area contributed by atoms with Crippen molar-refractivity contribution in [3.63, 3.8) is 0 Å². The Bertz CT molecular complexity index is 694. The maximum absolute atomic E-state index is 12.8. The van der Waals surface area contributed by atoms with Crippen LogP contribution in [0.3, 0.4) is 0 Å². The Morgan fingerprint density at radius 1 is 1.14 bits per heavy atom. The lowest BCUT2D eigenvalue weighted by Gasteiger charge is -2.24. The largest absolute Gasteiger partial charge is 0.378 e. The van der Waals surface area contributed by atoms with Crippen LogP contribution in [-0.2, 0) is 14.3 Å².